The van der Waals surface area contributed by atoms with Crippen LogP contribution in [0.5, 0.6) is 0 Å². The molecule has 0 amide bonds. The van der Waals surface area contributed by atoms with Crippen LogP contribution >= 0.6 is 11.8 Å². The fourth-order valence-electron chi connectivity index (χ4n) is 2.10. The molecule has 0 atom stereocenters. The third-order valence-corrected chi connectivity index (χ3v) is 3.96. The summed E-state index contributed by atoms with van der Waals surface area (Å²) in [5.74, 6) is 0. The van der Waals surface area contributed by atoms with E-state index in [1.807, 2.05) is 36.5 Å². The predicted octanol–water partition coefficient (Wildman–Crippen LogP) is 4.16. The molecule has 0 saturated carbocycles. The minimum atomic E-state index is 0.731. The van der Waals surface area contributed by atoms with Crippen molar-refractivity contribution in [1.82, 2.24) is 0 Å². The number of nitriles is 1. The van der Waals surface area contributed by atoms with Gasteiger partial charge in [0, 0.05) is 17.6 Å². The van der Waals surface area contributed by atoms with Gasteiger partial charge in [0.05, 0.1) is 5.69 Å². The number of hydrogen-bond donors (Lipinski definition) is 0. The molecule has 0 spiro atoms. The van der Waals surface area contributed by atoms with Crippen molar-refractivity contribution in [2.45, 2.75) is 11.4 Å². The number of anilines is 1. The Bertz CT molecular complexity index is 656. The van der Waals surface area contributed by atoms with E-state index in [-0.39, 0.29) is 0 Å². The van der Waals surface area contributed by atoms with E-state index in [0.29, 0.717) is 0 Å². The quantitative estimate of drug-likeness (QED) is 0.814. The summed E-state index contributed by atoms with van der Waals surface area (Å²) >= 11 is 1.53. The number of nitrogens with zero attached hydrogens (tertiary/aromatic N) is 2. The largest absolute Gasteiger partial charge is 0.341 e. The minimum absolute atomic E-state index is 0.731. The Morgan fingerprint density at radius 3 is 2.53 bits per heavy atom. The van der Waals surface area contributed by atoms with Gasteiger partial charge in [-0.25, -0.2) is 0 Å². The number of para-hydroxylation sites is 1. The summed E-state index contributed by atoms with van der Waals surface area (Å²) in [6, 6.07) is 20.7. The number of benzene rings is 2. The summed E-state index contributed by atoms with van der Waals surface area (Å²) in [5.41, 5.74) is 2.40. The molecule has 2 aromatic carbocycles. The van der Waals surface area contributed by atoms with Crippen molar-refractivity contribution in [1.29, 1.82) is 5.26 Å². The molecule has 0 radical (unpaired) electrons. The van der Waals surface area contributed by atoms with E-state index in [9.17, 15) is 0 Å². The Kier molecular flexibility index (Phi) is 3.26. The molecule has 0 aliphatic carbocycles. The summed E-state index contributed by atoms with van der Waals surface area (Å²) in [6.45, 7) is 0.781. The normalized spacial score (nSPS) is 13.4. The van der Waals surface area contributed by atoms with Crippen LogP contribution in [0, 0.1) is 11.3 Å². The van der Waals surface area contributed by atoms with Crippen molar-refractivity contribution < 1.29 is 0 Å². The molecule has 92 valence electrons. The van der Waals surface area contributed by atoms with Crippen molar-refractivity contribution in [3.63, 3.8) is 0 Å². The highest BCUT2D eigenvalue weighted by Gasteiger charge is 2.17. The average Bonchev–Trinajstić information content (AvgIpc) is 2.48. The van der Waals surface area contributed by atoms with Crippen LogP contribution in [-0.2, 0) is 6.54 Å². The van der Waals surface area contributed by atoms with Gasteiger partial charge in [0.1, 0.15) is 11.0 Å². The summed E-state index contributed by atoms with van der Waals surface area (Å²) < 4.78 is 0. The van der Waals surface area contributed by atoms with Gasteiger partial charge in [0.2, 0.25) is 0 Å². The van der Waals surface area contributed by atoms with Crippen LogP contribution in [0.1, 0.15) is 5.56 Å². The summed E-state index contributed by atoms with van der Waals surface area (Å²) in [4.78, 5) is 4.01. The van der Waals surface area contributed by atoms with Gasteiger partial charge in [-0.1, -0.05) is 54.2 Å². The second-order valence-corrected chi connectivity index (χ2v) is 5.37. The molecular formula is C16H12N2S. The standard InChI is InChI=1S/C16H12N2S/c17-10-14-12-18(11-13-6-2-1-3-7-13)15-8-4-5-9-16(15)19-14/h1-9,12H,11H2. The van der Waals surface area contributed by atoms with Crippen LogP contribution in [0.25, 0.3) is 0 Å². The molecule has 1 aliphatic heterocycles. The highest BCUT2D eigenvalue weighted by Crippen LogP contribution is 2.39. The second-order valence-electron chi connectivity index (χ2n) is 4.29. The number of fused-ring (bicyclic) bond motifs is 1. The lowest BCUT2D eigenvalue weighted by atomic mass is 10.2. The SMILES string of the molecule is N#CC1=CN(Cc2ccccc2)c2ccccc2S1. The first-order chi connectivity index (χ1) is 9.36. The molecule has 0 bridgehead atoms. The molecule has 0 fully saturated rings. The molecule has 0 aromatic heterocycles. The number of allylic oxidation sites excluding steroid dienone is 1. The van der Waals surface area contributed by atoms with Gasteiger partial charge in [-0.2, -0.15) is 5.26 Å². The zero-order valence-electron chi connectivity index (χ0n) is 10.3. The average molecular weight is 264 g/mol. The Balaban J connectivity index is 1.96. The fourth-order valence-corrected chi connectivity index (χ4v) is 3.00. The maximum atomic E-state index is 9.13. The Morgan fingerprint density at radius 1 is 1.00 bits per heavy atom. The van der Waals surface area contributed by atoms with Crippen LogP contribution in [-0.4, -0.2) is 0 Å². The van der Waals surface area contributed by atoms with Crippen molar-refractivity contribution in [3.8, 4) is 6.07 Å². The van der Waals surface area contributed by atoms with Gasteiger partial charge in [0.15, 0.2) is 0 Å². The first-order valence-electron chi connectivity index (χ1n) is 6.06. The van der Waals surface area contributed by atoms with E-state index in [1.165, 1.54) is 17.3 Å². The molecule has 0 saturated heterocycles. The molecular weight excluding hydrogens is 252 g/mol. The third-order valence-electron chi connectivity index (χ3n) is 2.97. The highest BCUT2D eigenvalue weighted by atomic mass is 32.2. The molecule has 1 aliphatic rings. The van der Waals surface area contributed by atoms with E-state index in [4.69, 9.17) is 5.26 Å². The zero-order valence-corrected chi connectivity index (χ0v) is 11.1. The van der Waals surface area contributed by atoms with Crippen molar-refractivity contribution in [2.75, 3.05) is 4.90 Å². The maximum absolute atomic E-state index is 9.13. The number of hydrogen-bond acceptors (Lipinski definition) is 3. The lowest BCUT2D eigenvalue weighted by Gasteiger charge is -2.27. The Morgan fingerprint density at radius 2 is 1.74 bits per heavy atom. The predicted molar refractivity (Wildman–Crippen MR) is 78.6 cm³/mol. The fraction of sp³-hybridized carbons (Fsp3) is 0.0625. The summed E-state index contributed by atoms with van der Waals surface area (Å²) in [7, 11) is 0. The number of rotatable bonds is 2. The molecule has 0 unspecified atom stereocenters. The first-order valence-corrected chi connectivity index (χ1v) is 6.88. The monoisotopic (exact) mass is 264 g/mol. The van der Waals surface area contributed by atoms with Gasteiger partial charge in [-0.05, 0) is 17.7 Å². The minimum Gasteiger partial charge on any atom is -0.341 e. The Hall–Kier alpha value is -2.18. The lowest BCUT2D eigenvalue weighted by molar-refractivity contribution is 0.947. The molecule has 3 rings (SSSR count). The molecule has 2 nitrogen and oxygen atoms in total. The van der Waals surface area contributed by atoms with Gasteiger partial charge in [-0.3, -0.25) is 0 Å². The van der Waals surface area contributed by atoms with E-state index < -0.39 is 0 Å². The Labute approximate surface area is 117 Å². The molecule has 3 heteroatoms. The van der Waals surface area contributed by atoms with Crippen LogP contribution in [0.3, 0.4) is 0 Å². The summed E-state index contributed by atoms with van der Waals surface area (Å²) in [5, 5.41) is 9.13. The topological polar surface area (TPSA) is 27.0 Å². The van der Waals surface area contributed by atoms with Crippen LogP contribution in [0.2, 0.25) is 0 Å². The molecule has 19 heavy (non-hydrogen) atoms. The van der Waals surface area contributed by atoms with E-state index in [1.54, 1.807) is 0 Å². The second kappa shape index (κ2) is 5.21. The van der Waals surface area contributed by atoms with Crippen LogP contribution < -0.4 is 4.90 Å². The summed E-state index contributed by atoms with van der Waals surface area (Å²) in [6.07, 6.45) is 1.93. The van der Waals surface area contributed by atoms with Crippen molar-refractivity contribution >= 4 is 17.4 Å². The van der Waals surface area contributed by atoms with Crippen molar-refractivity contribution in [2.24, 2.45) is 0 Å². The first kappa shape index (κ1) is 11.9. The molecule has 1 heterocycles. The van der Waals surface area contributed by atoms with Gasteiger partial charge < -0.3 is 4.90 Å². The van der Waals surface area contributed by atoms with Crippen molar-refractivity contribution in [3.05, 3.63) is 71.3 Å². The smallest absolute Gasteiger partial charge is 0.108 e. The van der Waals surface area contributed by atoms with Gasteiger partial charge in [0.25, 0.3) is 0 Å². The molecule has 0 N–H and O–H groups in total. The highest BCUT2D eigenvalue weighted by molar-refractivity contribution is 8.03. The van der Waals surface area contributed by atoms with Gasteiger partial charge >= 0.3 is 0 Å². The van der Waals surface area contributed by atoms with Crippen LogP contribution in [0.15, 0.2) is 70.6 Å². The zero-order chi connectivity index (χ0) is 13.1. The van der Waals surface area contributed by atoms with Gasteiger partial charge in [-0.15, -0.1) is 0 Å². The van der Waals surface area contributed by atoms with E-state index >= 15 is 0 Å². The molecule has 2 aromatic rings. The lowest BCUT2D eigenvalue weighted by Crippen LogP contribution is -2.18. The van der Waals surface area contributed by atoms with E-state index in [2.05, 4.69) is 35.2 Å². The third kappa shape index (κ3) is 2.49. The van der Waals surface area contributed by atoms with Crippen LogP contribution in [0.4, 0.5) is 5.69 Å². The maximum Gasteiger partial charge on any atom is 0.108 e. The number of thioether (sulfide) groups is 1. The van der Waals surface area contributed by atoms with E-state index in [0.717, 1.165) is 22.0 Å².